The van der Waals surface area contributed by atoms with Crippen molar-refractivity contribution in [2.75, 3.05) is 19.1 Å². The number of alkyl halides is 6. The lowest BCUT2D eigenvalue weighted by Gasteiger charge is -2.38. The van der Waals surface area contributed by atoms with Gasteiger partial charge in [0, 0.05) is 24.8 Å². The number of amides is 4. The number of hydrogen-bond acceptors (Lipinski definition) is 8. The van der Waals surface area contributed by atoms with Crippen molar-refractivity contribution < 1.29 is 64.7 Å². The van der Waals surface area contributed by atoms with E-state index in [4.69, 9.17) is 14.6 Å². The molecule has 2 aliphatic heterocycles. The van der Waals surface area contributed by atoms with E-state index in [1.54, 1.807) is 91.0 Å². The van der Waals surface area contributed by atoms with Gasteiger partial charge in [-0.05, 0) is 96.9 Å². The highest BCUT2D eigenvalue weighted by molar-refractivity contribution is 7.85. The minimum Gasteiger partial charge on any atom is -0.457 e. The molecule has 7 aromatic carbocycles. The zero-order valence-corrected chi connectivity index (χ0v) is 37.4. The van der Waals surface area contributed by atoms with Gasteiger partial charge < -0.3 is 19.1 Å². The van der Waals surface area contributed by atoms with Crippen molar-refractivity contribution in [3.8, 4) is 23.0 Å². The molecule has 350 valence electrons. The van der Waals surface area contributed by atoms with Gasteiger partial charge in [-0.3, -0.25) is 24.1 Å². The van der Waals surface area contributed by atoms with E-state index in [-0.39, 0.29) is 28.1 Å². The molecule has 0 unspecified atom stereocenters. The van der Waals surface area contributed by atoms with E-state index in [2.05, 4.69) is 0 Å². The number of fused-ring (bicyclic) bond motifs is 2. The molecule has 0 fully saturated rings. The van der Waals surface area contributed by atoms with Crippen molar-refractivity contribution in [2.24, 2.45) is 0 Å². The molecule has 0 radical (unpaired) electrons. The number of halogens is 6. The Bertz CT molecular complexity index is 3140. The number of anilines is 1. The number of imide groups is 2. The molecule has 17 heteroatoms. The first kappa shape index (κ1) is 47.7. The van der Waals surface area contributed by atoms with Crippen LogP contribution in [0.4, 0.5) is 32.0 Å². The summed E-state index contributed by atoms with van der Waals surface area (Å²) in [6.45, 7) is 1.94. The average molecular weight is 963 g/mol. The SMILES string of the molecule is CO.Cc1ccc(Oc2ccc(Oc3ccc(N4C(=O)c5ccc(C(c6ccc7c(c6)C(=O)N(C)C7=O)(C(F)(F)F)C(F)(F)F)cc5C4=O)cc3)c(P(=O)(c3ccccc3)c3ccccc3)c2)cc1. The highest BCUT2D eigenvalue weighted by Gasteiger charge is 2.73. The third-order valence-corrected chi connectivity index (χ3v) is 14.9. The Morgan fingerprint density at radius 1 is 0.493 bits per heavy atom. The number of hydrogen-bond donors (Lipinski definition) is 1. The van der Waals surface area contributed by atoms with Gasteiger partial charge in [-0.25, -0.2) is 4.90 Å². The monoisotopic (exact) mass is 962 g/mol. The van der Waals surface area contributed by atoms with Gasteiger partial charge in [0.05, 0.1) is 33.2 Å². The van der Waals surface area contributed by atoms with Gasteiger partial charge in [-0.2, -0.15) is 26.3 Å². The Kier molecular flexibility index (Phi) is 12.4. The van der Waals surface area contributed by atoms with Crippen LogP contribution in [0.15, 0.2) is 164 Å². The van der Waals surface area contributed by atoms with Crippen LogP contribution in [-0.2, 0) is 9.98 Å². The molecule has 0 aromatic heterocycles. The predicted molar refractivity (Wildman–Crippen MR) is 245 cm³/mol. The molecule has 2 heterocycles. The first-order valence-electron chi connectivity index (χ1n) is 20.8. The molecule has 7 aromatic rings. The maximum absolute atomic E-state index is 15.7. The molecular weight excluding hydrogens is 926 g/mol. The van der Waals surface area contributed by atoms with Gasteiger partial charge in [-0.1, -0.05) is 90.5 Å². The normalized spacial score (nSPS) is 13.8. The minimum absolute atomic E-state index is 0.0924. The molecule has 1 N–H and O–H groups in total. The van der Waals surface area contributed by atoms with Gasteiger partial charge in [0.15, 0.2) is 7.14 Å². The zero-order chi connectivity index (χ0) is 49.6. The number of rotatable bonds is 10. The molecule has 0 atom stereocenters. The van der Waals surface area contributed by atoms with Crippen LogP contribution in [0.2, 0.25) is 0 Å². The maximum atomic E-state index is 15.7. The maximum Gasteiger partial charge on any atom is 0.411 e. The summed E-state index contributed by atoms with van der Waals surface area (Å²) in [6.07, 6.45) is -12.2. The largest absolute Gasteiger partial charge is 0.457 e. The number of carbonyl (C=O) groups excluding carboxylic acids is 4. The quantitative estimate of drug-likeness (QED) is 0.0815. The van der Waals surface area contributed by atoms with Gasteiger partial charge in [0.25, 0.3) is 23.6 Å². The molecule has 69 heavy (non-hydrogen) atoms. The van der Waals surface area contributed by atoms with Crippen LogP contribution in [0.3, 0.4) is 0 Å². The van der Waals surface area contributed by atoms with Crippen LogP contribution in [0.25, 0.3) is 0 Å². The Hall–Kier alpha value is -7.81. The Labute approximate surface area is 390 Å². The Morgan fingerprint density at radius 2 is 0.928 bits per heavy atom. The Morgan fingerprint density at radius 3 is 1.45 bits per heavy atom. The summed E-state index contributed by atoms with van der Waals surface area (Å²) < 4.78 is 120. The van der Waals surface area contributed by atoms with Crippen molar-refractivity contribution in [3.05, 3.63) is 203 Å². The van der Waals surface area contributed by atoms with Gasteiger partial charge in [0.1, 0.15) is 23.0 Å². The number of nitrogens with zero attached hydrogens (tertiary/aromatic N) is 2. The van der Waals surface area contributed by atoms with Gasteiger partial charge >= 0.3 is 12.4 Å². The van der Waals surface area contributed by atoms with Crippen LogP contribution in [0.1, 0.15) is 58.1 Å². The topological polar surface area (TPSA) is 131 Å². The van der Waals surface area contributed by atoms with Crippen LogP contribution in [-0.4, -0.2) is 60.1 Å². The third-order valence-electron chi connectivity index (χ3n) is 11.8. The lowest BCUT2D eigenvalue weighted by Crippen LogP contribution is -2.55. The summed E-state index contributed by atoms with van der Waals surface area (Å²) in [4.78, 5) is 54.0. The molecule has 2 aliphatic rings. The standard InChI is InChI=1S/C51H33F6N2O7P.CH4O/c1-30-13-19-34(20-14-30)65-36-23-26-43(44(29-36)67(64,37-9-5-3-6-10-37)38-11-7-4-8-12-38)66-35-21-17-33(18-22-35)59-47(62)40-25-16-32(28-42(40)48(59)63)49(50(52,53)54,51(55,56)57)31-15-24-39-41(27-31)46(61)58(2)45(39)60;1-2/h3-29H,1-2H3;2H,1H3. The fraction of sp³-hybridized carbons (Fsp3) is 0.115. The minimum atomic E-state index is -6.11. The van der Waals surface area contributed by atoms with E-state index < -0.39 is 76.4 Å². The van der Waals surface area contributed by atoms with E-state index in [0.29, 0.717) is 56.2 Å². The van der Waals surface area contributed by atoms with E-state index in [0.717, 1.165) is 31.9 Å². The summed E-state index contributed by atoms with van der Waals surface area (Å²) in [6, 6.07) is 38.4. The number of carbonyl (C=O) groups is 4. The second kappa shape index (κ2) is 18.0. The van der Waals surface area contributed by atoms with Crippen molar-refractivity contribution in [2.45, 2.75) is 24.7 Å². The van der Waals surface area contributed by atoms with Crippen molar-refractivity contribution in [1.29, 1.82) is 0 Å². The van der Waals surface area contributed by atoms with E-state index in [9.17, 15) is 19.2 Å². The fourth-order valence-electron chi connectivity index (χ4n) is 8.41. The number of ether oxygens (including phenoxy) is 2. The molecule has 9 rings (SSSR count). The molecular formula is C52H37F6N2O8P. The third kappa shape index (κ3) is 8.04. The summed E-state index contributed by atoms with van der Waals surface area (Å²) in [7, 11) is -1.67. The van der Waals surface area contributed by atoms with Crippen molar-refractivity contribution in [3.63, 3.8) is 0 Å². The smallest absolute Gasteiger partial charge is 0.411 e. The predicted octanol–water partition coefficient (Wildman–Crippen LogP) is 10.3. The summed E-state index contributed by atoms with van der Waals surface area (Å²) >= 11 is 0. The number of aliphatic hydroxyl groups is 1. The second-order valence-corrected chi connectivity index (χ2v) is 18.5. The van der Waals surface area contributed by atoms with Crippen LogP contribution in [0.5, 0.6) is 23.0 Å². The zero-order valence-electron chi connectivity index (χ0n) is 36.5. The van der Waals surface area contributed by atoms with Crippen LogP contribution in [0, 0.1) is 6.92 Å². The number of aliphatic hydroxyl groups excluding tert-OH is 1. The van der Waals surface area contributed by atoms with Crippen molar-refractivity contribution >= 4 is 52.4 Å². The lowest BCUT2D eigenvalue weighted by atomic mass is 9.71. The number of aryl methyl sites for hydroxylation is 1. The molecule has 0 bridgehead atoms. The average Bonchev–Trinajstić information content (AvgIpc) is 3.72. The molecule has 0 saturated heterocycles. The van der Waals surface area contributed by atoms with E-state index >= 15 is 30.9 Å². The lowest BCUT2D eigenvalue weighted by molar-refractivity contribution is -0.288. The molecule has 4 amide bonds. The Balaban J connectivity index is 0.00000317. The fourth-order valence-corrected chi connectivity index (χ4v) is 11.2. The summed E-state index contributed by atoms with van der Waals surface area (Å²) in [5.41, 5.74) is -8.98. The van der Waals surface area contributed by atoms with Gasteiger partial charge in [-0.15, -0.1) is 0 Å². The molecule has 0 spiro atoms. The summed E-state index contributed by atoms with van der Waals surface area (Å²) in [5.74, 6) is -3.03. The van der Waals surface area contributed by atoms with E-state index in [1.807, 2.05) is 19.1 Å². The van der Waals surface area contributed by atoms with Crippen LogP contribution < -0.4 is 30.3 Å². The van der Waals surface area contributed by atoms with E-state index in [1.165, 1.54) is 24.3 Å². The number of benzene rings is 7. The summed E-state index contributed by atoms with van der Waals surface area (Å²) in [5, 5.41) is 8.27. The first-order valence-corrected chi connectivity index (χ1v) is 22.5. The van der Waals surface area contributed by atoms with Crippen molar-refractivity contribution in [1.82, 2.24) is 4.90 Å². The highest BCUT2D eigenvalue weighted by Crippen LogP contribution is 2.57. The highest BCUT2D eigenvalue weighted by atomic mass is 31.2. The van der Waals surface area contributed by atoms with Gasteiger partial charge in [0.2, 0.25) is 5.41 Å². The second-order valence-electron chi connectivity index (χ2n) is 15.8. The molecule has 0 saturated carbocycles. The molecule has 0 aliphatic carbocycles. The first-order chi connectivity index (χ1) is 32.8. The molecule has 10 nitrogen and oxygen atoms in total. The van der Waals surface area contributed by atoms with Crippen LogP contribution >= 0.6 is 7.14 Å².